The zero-order chi connectivity index (χ0) is 13.0. The average Bonchev–Trinajstić information content (AvgIpc) is 2.38. The van der Waals surface area contributed by atoms with Crippen LogP contribution in [-0.4, -0.2) is 11.5 Å². The van der Waals surface area contributed by atoms with Gasteiger partial charge in [-0.1, -0.05) is 31.2 Å². The zero-order valence-corrected chi connectivity index (χ0v) is 12.2. The fourth-order valence-corrected chi connectivity index (χ4v) is 2.28. The minimum absolute atomic E-state index is 0.157. The molecule has 1 unspecified atom stereocenters. The van der Waals surface area contributed by atoms with Gasteiger partial charge in [0.05, 0.1) is 11.7 Å². The molecule has 0 radical (unpaired) electrons. The average molecular weight is 305 g/mol. The predicted octanol–water partition coefficient (Wildman–Crippen LogP) is 3.85. The zero-order valence-electron chi connectivity index (χ0n) is 10.7. The summed E-state index contributed by atoms with van der Waals surface area (Å²) in [5, 5.41) is 3.50. The Balaban J connectivity index is 2.40. The predicted molar refractivity (Wildman–Crippen MR) is 78.6 cm³/mol. The Kier molecular flexibility index (Phi) is 4.50. The van der Waals surface area contributed by atoms with Crippen LogP contribution < -0.4 is 5.32 Å². The topological polar surface area (TPSA) is 24.9 Å². The molecule has 0 aliphatic rings. The van der Waals surface area contributed by atoms with Gasteiger partial charge in [0, 0.05) is 10.7 Å². The number of aryl methyl sites for hydroxylation is 1. The summed E-state index contributed by atoms with van der Waals surface area (Å²) < 4.78 is 1.01. The second-order valence-electron chi connectivity index (χ2n) is 4.25. The summed E-state index contributed by atoms with van der Waals surface area (Å²) in [5.74, 6) is 0. The van der Waals surface area contributed by atoms with Crippen molar-refractivity contribution in [2.75, 3.05) is 6.54 Å². The molecular formula is C15H17BrN2. The van der Waals surface area contributed by atoms with Gasteiger partial charge in [-0.25, -0.2) is 0 Å². The molecule has 0 aliphatic carbocycles. The fraction of sp³-hybridized carbons (Fsp3) is 0.267. The monoisotopic (exact) mass is 304 g/mol. The number of nitrogens with zero attached hydrogens (tertiary/aromatic N) is 1. The van der Waals surface area contributed by atoms with Crippen LogP contribution in [0.2, 0.25) is 0 Å². The van der Waals surface area contributed by atoms with Crippen LogP contribution in [0.3, 0.4) is 0 Å². The van der Waals surface area contributed by atoms with Crippen LogP contribution in [0.4, 0.5) is 0 Å². The lowest BCUT2D eigenvalue weighted by Crippen LogP contribution is -2.23. The van der Waals surface area contributed by atoms with Gasteiger partial charge in [-0.3, -0.25) is 4.98 Å². The number of halogens is 1. The highest BCUT2D eigenvalue weighted by Gasteiger charge is 2.15. The second-order valence-corrected chi connectivity index (χ2v) is 5.16. The van der Waals surface area contributed by atoms with Crippen molar-refractivity contribution in [1.29, 1.82) is 0 Å². The van der Waals surface area contributed by atoms with Crippen molar-refractivity contribution in [2.45, 2.75) is 19.9 Å². The van der Waals surface area contributed by atoms with Crippen molar-refractivity contribution in [3.05, 3.63) is 63.9 Å². The van der Waals surface area contributed by atoms with E-state index in [1.54, 1.807) is 0 Å². The van der Waals surface area contributed by atoms with Crippen LogP contribution in [0.5, 0.6) is 0 Å². The van der Waals surface area contributed by atoms with Crippen LogP contribution >= 0.6 is 15.9 Å². The molecule has 1 atom stereocenters. The third-order valence-electron chi connectivity index (χ3n) is 2.95. The molecule has 1 N–H and O–H groups in total. The van der Waals surface area contributed by atoms with Crippen molar-refractivity contribution in [2.24, 2.45) is 0 Å². The first-order valence-corrected chi connectivity index (χ1v) is 6.92. The highest BCUT2D eigenvalue weighted by molar-refractivity contribution is 9.10. The molecule has 2 aromatic rings. The van der Waals surface area contributed by atoms with E-state index in [-0.39, 0.29) is 6.04 Å². The van der Waals surface area contributed by atoms with Gasteiger partial charge < -0.3 is 5.32 Å². The van der Waals surface area contributed by atoms with Gasteiger partial charge >= 0.3 is 0 Å². The Morgan fingerprint density at radius 1 is 1.22 bits per heavy atom. The van der Waals surface area contributed by atoms with Crippen molar-refractivity contribution < 1.29 is 0 Å². The Bertz CT molecular complexity index is 508. The molecule has 1 aromatic heterocycles. The minimum Gasteiger partial charge on any atom is -0.305 e. The van der Waals surface area contributed by atoms with E-state index >= 15 is 0 Å². The molecule has 1 heterocycles. The van der Waals surface area contributed by atoms with E-state index in [0.717, 1.165) is 16.7 Å². The summed E-state index contributed by atoms with van der Waals surface area (Å²) in [4.78, 5) is 4.51. The number of pyridine rings is 1. The van der Waals surface area contributed by atoms with Crippen molar-refractivity contribution in [1.82, 2.24) is 10.3 Å². The number of nitrogens with one attached hydrogen (secondary N) is 1. The van der Waals surface area contributed by atoms with E-state index in [1.807, 2.05) is 12.3 Å². The van der Waals surface area contributed by atoms with Gasteiger partial charge in [-0.15, -0.1) is 0 Å². The van der Waals surface area contributed by atoms with Crippen molar-refractivity contribution in [3.63, 3.8) is 0 Å². The van der Waals surface area contributed by atoms with E-state index in [4.69, 9.17) is 0 Å². The quantitative estimate of drug-likeness (QED) is 0.928. The lowest BCUT2D eigenvalue weighted by Gasteiger charge is -2.19. The Morgan fingerprint density at radius 3 is 2.61 bits per heavy atom. The summed E-state index contributed by atoms with van der Waals surface area (Å²) in [7, 11) is 0. The number of aromatic nitrogens is 1. The molecule has 0 saturated carbocycles. The fourth-order valence-electron chi connectivity index (χ4n) is 2.05. The lowest BCUT2D eigenvalue weighted by atomic mass is 9.98. The van der Waals surface area contributed by atoms with Crippen LogP contribution in [0, 0.1) is 6.92 Å². The molecular weight excluding hydrogens is 288 g/mol. The third-order valence-corrected chi connectivity index (χ3v) is 3.42. The first kappa shape index (κ1) is 13.2. The van der Waals surface area contributed by atoms with Gasteiger partial charge in [0.15, 0.2) is 0 Å². The first-order valence-electron chi connectivity index (χ1n) is 6.12. The summed E-state index contributed by atoms with van der Waals surface area (Å²) in [6, 6.07) is 12.7. The molecule has 0 spiro atoms. The second kappa shape index (κ2) is 6.12. The highest BCUT2D eigenvalue weighted by Crippen LogP contribution is 2.24. The molecule has 2 rings (SSSR count). The standard InChI is InChI=1S/C15H17BrN2/c1-3-17-15(13-7-5-4-6-11(13)2)14-9-8-12(16)10-18-14/h4-10,15,17H,3H2,1-2H3. The molecule has 0 saturated heterocycles. The van der Waals surface area contributed by atoms with Crippen molar-refractivity contribution in [3.8, 4) is 0 Å². The smallest absolute Gasteiger partial charge is 0.0753 e. The van der Waals surface area contributed by atoms with E-state index in [1.165, 1.54) is 11.1 Å². The summed E-state index contributed by atoms with van der Waals surface area (Å²) in [6.07, 6.45) is 1.85. The number of hydrogen-bond donors (Lipinski definition) is 1. The Morgan fingerprint density at radius 2 is 2.00 bits per heavy atom. The molecule has 0 aliphatic heterocycles. The summed E-state index contributed by atoms with van der Waals surface area (Å²) >= 11 is 3.42. The largest absolute Gasteiger partial charge is 0.305 e. The van der Waals surface area contributed by atoms with Gasteiger partial charge in [0.2, 0.25) is 0 Å². The van der Waals surface area contributed by atoms with Crippen LogP contribution in [0.15, 0.2) is 47.1 Å². The van der Waals surface area contributed by atoms with E-state index in [0.29, 0.717) is 0 Å². The summed E-state index contributed by atoms with van der Waals surface area (Å²) in [5.41, 5.74) is 3.62. The molecule has 18 heavy (non-hydrogen) atoms. The van der Waals surface area contributed by atoms with Gasteiger partial charge in [-0.05, 0) is 52.7 Å². The minimum atomic E-state index is 0.157. The maximum atomic E-state index is 4.51. The Hall–Kier alpha value is -1.19. The molecule has 0 amide bonds. The number of rotatable bonds is 4. The summed E-state index contributed by atoms with van der Waals surface area (Å²) in [6.45, 7) is 5.17. The highest BCUT2D eigenvalue weighted by atomic mass is 79.9. The lowest BCUT2D eigenvalue weighted by molar-refractivity contribution is 0.612. The van der Waals surface area contributed by atoms with Crippen LogP contribution in [0.1, 0.15) is 29.8 Å². The molecule has 1 aromatic carbocycles. The number of benzene rings is 1. The van der Waals surface area contributed by atoms with Crippen LogP contribution in [-0.2, 0) is 0 Å². The van der Waals surface area contributed by atoms with Gasteiger partial charge in [0.1, 0.15) is 0 Å². The van der Waals surface area contributed by atoms with E-state index in [2.05, 4.69) is 70.4 Å². The van der Waals surface area contributed by atoms with E-state index < -0.39 is 0 Å². The van der Waals surface area contributed by atoms with Gasteiger partial charge in [0.25, 0.3) is 0 Å². The van der Waals surface area contributed by atoms with Crippen molar-refractivity contribution >= 4 is 15.9 Å². The van der Waals surface area contributed by atoms with Crippen LogP contribution in [0.25, 0.3) is 0 Å². The molecule has 0 bridgehead atoms. The van der Waals surface area contributed by atoms with Gasteiger partial charge in [-0.2, -0.15) is 0 Å². The van der Waals surface area contributed by atoms with E-state index in [9.17, 15) is 0 Å². The molecule has 0 fully saturated rings. The molecule has 94 valence electrons. The SMILES string of the molecule is CCNC(c1ccc(Br)cn1)c1ccccc1C. The third kappa shape index (κ3) is 2.98. The maximum Gasteiger partial charge on any atom is 0.0753 e. The maximum absolute atomic E-state index is 4.51. The molecule has 2 nitrogen and oxygen atoms in total. The first-order chi connectivity index (χ1) is 8.72. The Labute approximate surface area is 117 Å². The molecule has 3 heteroatoms. The number of hydrogen-bond acceptors (Lipinski definition) is 2. The normalized spacial score (nSPS) is 12.4.